The molecular formula is C8H16BN. The van der Waals surface area contributed by atoms with E-state index in [1.807, 2.05) is 5.98 Å². The first-order valence-electron chi connectivity index (χ1n) is 3.86. The van der Waals surface area contributed by atoms with E-state index in [0.29, 0.717) is 5.92 Å². The summed E-state index contributed by atoms with van der Waals surface area (Å²) < 4.78 is 0. The monoisotopic (exact) mass is 137 g/mol. The summed E-state index contributed by atoms with van der Waals surface area (Å²) in [5.74, 6) is 2.48. The SMILES string of the molecule is C=CB/C(=N\CC)C(C)C. The lowest BCUT2D eigenvalue weighted by Crippen LogP contribution is -2.14. The molecule has 0 aromatic rings. The molecule has 1 nitrogen and oxygen atoms in total. The van der Waals surface area contributed by atoms with Gasteiger partial charge in [0.2, 0.25) is 7.28 Å². The Bertz CT molecular complexity index is 127. The molecular weight excluding hydrogens is 121 g/mol. The predicted molar refractivity (Wildman–Crippen MR) is 50.2 cm³/mol. The first kappa shape index (κ1) is 9.47. The Morgan fingerprint density at radius 3 is 2.60 bits per heavy atom. The zero-order valence-corrected chi connectivity index (χ0v) is 7.22. The standard InChI is InChI=1S/C8H16BN/c1-5-9-8(7(3)4)10-6-2/h5,7,9H,1,6H2,2-4H3/b10-8-. The molecule has 10 heavy (non-hydrogen) atoms. The molecule has 0 aliphatic heterocycles. The maximum absolute atomic E-state index is 4.36. The van der Waals surface area contributed by atoms with Gasteiger partial charge in [-0.25, -0.2) is 0 Å². The largest absolute Gasteiger partial charge is 0.304 e. The molecule has 0 fully saturated rings. The second-order valence-corrected chi connectivity index (χ2v) is 2.61. The molecule has 2 heteroatoms. The fraction of sp³-hybridized carbons (Fsp3) is 0.625. The van der Waals surface area contributed by atoms with E-state index in [2.05, 4.69) is 32.3 Å². The average Bonchev–Trinajstić information content (AvgIpc) is 1.87. The van der Waals surface area contributed by atoms with Crippen molar-refractivity contribution >= 4 is 12.9 Å². The Balaban J connectivity index is 3.96. The van der Waals surface area contributed by atoms with Crippen LogP contribution >= 0.6 is 0 Å². The molecule has 0 N–H and O–H groups in total. The van der Waals surface area contributed by atoms with E-state index in [0.717, 1.165) is 13.8 Å². The summed E-state index contributed by atoms with van der Waals surface area (Å²) in [6.07, 6.45) is 0. The second kappa shape index (κ2) is 5.27. The van der Waals surface area contributed by atoms with Gasteiger partial charge in [-0.2, -0.15) is 0 Å². The number of hydrogen-bond donors (Lipinski definition) is 0. The highest BCUT2D eigenvalue weighted by Crippen LogP contribution is 1.95. The molecule has 0 aliphatic carbocycles. The number of aliphatic imine (C=N–C) groups is 1. The lowest BCUT2D eigenvalue weighted by molar-refractivity contribution is 0.887. The highest BCUT2D eigenvalue weighted by molar-refractivity contribution is 6.79. The highest BCUT2D eigenvalue weighted by Gasteiger charge is 2.01. The number of rotatable bonds is 4. The van der Waals surface area contributed by atoms with Crippen molar-refractivity contribution in [2.45, 2.75) is 20.8 Å². The Hall–Kier alpha value is -0.525. The molecule has 0 radical (unpaired) electrons. The maximum Gasteiger partial charge on any atom is 0.201 e. The summed E-state index contributed by atoms with van der Waals surface area (Å²) in [5, 5.41) is 0. The molecule has 0 aromatic heterocycles. The van der Waals surface area contributed by atoms with Crippen LogP contribution in [0.25, 0.3) is 0 Å². The lowest BCUT2D eigenvalue weighted by Gasteiger charge is -2.05. The molecule has 0 atom stereocenters. The molecule has 0 aromatic carbocycles. The normalized spacial score (nSPS) is 11.8. The molecule has 0 rings (SSSR count). The van der Waals surface area contributed by atoms with Crippen LogP contribution < -0.4 is 0 Å². The van der Waals surface area contributed by atoms with Crippen molar-refractivity contribution in [1.82, 2.24) is 0 Å². The number of hydrogen-bond acceptors (Lipinski definition) is 1. The maximum atomic E-state index is 4.36. The van der Waals surface area contributed by atoms with Gasteiger partial charge in [0.1, 0.15) is 0 Å². The van der Waals surface area contributed by atoms with Crippen molar-refractivity contribution in [3.05, 3.63) is 12.6 Å². The van der Waals surface area contributed by atoms with E-state index < -0.39 is 0 Å². The molecule has 0 spiro atoms. The Labute approximate surface area is 64.5 Å². The van der Waals surface area contributed by atoms with Crippen LogP contribution in [-0.2, 0) is 0 Å². The van der Waals surface area contributed by atoms with Gasteiger partial charge in [-0.15, -0.1) is 12.6 Å². The molecule has 0 unspecified atom stereocenters. The van der Waals surface area contributed by atoms with E-state index in [9.17, 15) is 0 Å². The van der Waals surface area contributed by atoms with E-state index in [4.69, 9.17) is 0 Å². The molecule has 56 valence electrons. The van der Waals surface area contributed by atoms with Gasteiger partial charge in [0.05, 0.1) is 0 Å². The minimum atomic E-state index is 0.568. The lowest BCUT2D eigenvalue weighted by atomic mass is 9.68. The smallest absolute Gasteiger partial charge is 0.201 e. The summed E-state index contributed by atoms with van der Waals surface area (Å²) in [7, 11) is 0.936. The zero-order valence-electron chi connectivity index (χ0n) is 7.22. The van der Waals surface area contributed by atoms with Crippen LogP contribution in [0.3, 0.4) is 0 Å². The fourth-order valence-corrected chi connectivity index (χ4v) is 0.834. The minimum absolute atomic E-state index is 0.568. The summed E-state index contributed by atoms with van der Waals surface area (Å²) >= 11 is 0. The average molecular weight is 137 g/mol. The quantitative estimate of drug-likeness (QED) is 0.412. The molecule has 0 heterocycles. The van der Waals surface area contributed by atoms with Gasteiger partial charge in [-0.3, -0.25) is 0 Å². The van der Waals surface area contributed by atoms with Crippen LogP contribution in [0.2, 0.25) is 0 Å². The molecule has 0 saturated carbocycles. The Morgan fingerprint density at radius 1 is 1.70 bits per heavy atom. The van der Waals surface area contributed by atoms with Gasteiger partial charge in [-0.1, -0.05) is 13.8 Å². The van der Waals surface area contributed by atoms with Crippen LogP contribution in [-0.4, -0.2) is 19.4 Å². The van der Waals surface area contributed by atoms with E-state index in [1.54, 1.807) is 0 Å². The second-order valence-electron chi connectivity index (χ2n) is 2.61. The third-order valence-corrected chi connectivity index (χ3v) is 1.38. The van der Waals surface area contributed by atoms with Crippen molar-refractivity contribution in [2.75, 3.05) is 6.54 Å². The number of nitrogens with zero attached hydrogens (tertiary/aromatic N) is 1. The molecule has 0 saturated heterocycles. The summed E-state index contributed by atoms with van der Waals surface area (Å²) in [5.41, 5.74) is 1.26. The van der Waals surface area contributed by atoms with Gasteiger partial charge >= 0.3 is 0 Å². The minimum Gasteiger partial charge on any atom is -0.304 e. The third-order valence-electron chi connectivity index (χ3n) is 1.38. The van der Waals surface area contributed by atoms with Crippen LogP contribution in [0.1, 0.15) is 20.8 Å². The Kier molecular flexibility index (Phi) is 5.00. The van der Waals surface area contributed by atoms with Crippen molar-refractivity contribution in [1.29, 1.82) is 0 Å². The van der Waals surface area contributed by atoms with E-state index in [1.165, 1.54) is 5.61 Å². The van der Waals surface area contributed by atoms with Gasteiger partial charge in [0.15, 0.2) is 0 Å². The van der Waals surface area contributed by atoms with Crippen LogP contribution in [0, 0.1) is 5.92 Å². The fourth-order valence-electron chi connectivity index (χ4n) is 0.834. The topological polar surface area (TPSA) is 12.4 Å². The summed E-state index contributed by atoms with van der Waals surface area (Å²) in [6, 6.07) is 0. The molecule has 0 aliphatic rings. The van der Waals surface area contributed by atoms with Crippen molar-refractivity contribution < 1.29 is 0 Å². The summed E-state index contributed by atoms with van der Waals surface area (Å²) in [4.78, 5) is 4.36. The van der Waals surface area contributed by atoms with Crippen LogP contribution in [0.15, 0.2) is 17.5 Å². The summed E-state index contributed by atoms with van der Waals surface area (Å²) in [6.45, 7) is 11.0. The predicted octanol–water partition coefficient (Wildman–Crippen LogP) is 1.64. The molecule has 0 amide bonds. The van der Waals surface area contributed by atoms with Gasteiger partial charge < -0.3 is 4.99 Å². The Morgan fingerprint density at radius 2 is 2.30 bits per heavy atom. The van der Waals surface area contributed by atoms with Crippen LogP contribution in [0.5, 0.6) is 0 Å². The van der Waals surface area contributed by atoms with Gasteiger partial charge in [0.25, 0.3) is 0 Å². The van der Waals surface area contributed by atoms with Gasteiger partial charge in [-0.05, 0) is 18.5 Å². The third kappa shape index (κ3) is 3.49. The highest BCUT2D eigenvalue weighted by atomic mass is 14.7. The van der Waals surface area contributed by atoms with E-state index in [-0.39, 0.29) is 0 Å². The van der Waals surface area contributed by atoms with Gasteiger partial charge in [0, 0.05) is 6.54 Å². The van der Waals surface area contributed by atoms with Crippen LogP contribution in [0.4, 0.5) is 0 Å². The van der Waals surface area contributed by atoms with Crippen molar-refractivity contribution in [3.8, 4) is 0 Å². The first-order valence-corrected chi connectivity index (χ1v) is 3.86. The van der Waals surface area contributed by atoms with Crippen molar-refractivity contribution in [2.24, 2.45) is 10.9 Å². The first-order chi connectivity index (χ1) is 4.72. The zero-order chi connectivity index (χ0) is 7.98. The molecule has 0 bridgehead atoms. The van der Waals surface area contributed by atoms with E-state index >= 15 is 0 Å². The van der Waals surface area contributed by atoms with Crippen molar-refractivity contribution in [3.63, 3.8) is 0 Å².